The third-order valence-corrected chi connectivity index (χ3v) is 4.96. The minimum Gasteiger partial charge on any atom is -0.497 e. The van der Waals surface area contributed by atoms with E-state index >= 15 is 0 Å². The van der Waals surface area contributed by atoms with Crippen molar-refractivity contribution in [3.05, 3.63) is 83.9 Å². The number of esters is 1. The van der Waals surface area contributed by atoms with Gasteiger partial charge in [-0.3, -0.25) is 14.4 Å². The number of methoxy groups -OCH3 is 1. The van der Waals surface area contributed by atoms with Gasteiger partial charge >= 0.3 is 5.97 Å². The van der Waals surface area contributed by atoms with Gasteiger partial charge < -0.3 is 24.8 Å². The molecule has 0 fully saturated rings. The summed E-state index contributed by atoms with van der Waals surface area (Å²) < 4.78 is 15.7. The number of anilines is 2. The van der Waals surface area contributed by atoms with Crippen LogP contribution >= 0.6 is 0 Å². The molecule has 0 unspecified atom stereocenters. The molecule has 186 valence electrons. The van der Waals surface area contributed by atoms with Crippen LogP contribution in [-0.2, 0) is 14.3 Å². The number of rotatable bonds is 11. The highest BCUT2D eigenvalue weighted by Gasteiger charge is 2.13. The first kappa shape index (κ1) is 26.0. The van der Waals surface area contributed by atoms with Crippen LogP contribution in [0.2, 0.25) is 0 Å². The summed E-state index contributed by atoms with van der Waals surface area (Å²) in [6.07, 6.45) is 0.351. The van der Waals surface area contributed by atoms with E-state index in [1.807, 2.05) is 0 Å². The van der Waals surface area contributed by atoms with Gasteiger partial charge in [-0.2, -0.15) is 0 Å². The first-order valence-corrected chi connectivity index (χ1v) is 11.1. The van der Waals surface area contributed by atoms with E-state index in [2.05, 4.69) is 10.6 Å². The van der Waals surface area contributed by atoms with Gasteiger partial charge in [-0.25, -0.2) is 4.79 Å². The monoisotopic (exact) mass is 490 g/mol. The van der Waals surface area contributed by atoms with E-state index in [0.717, 1.165) is 0 Å². The average Bonchev–Trinajstić information content (AvgIpc) is 2.91. The van der Waals surface area contributed by atoms with E-state index in [9.17, 15) is 19.2 Å². The fourth-order valence-electron chi connectivity index (χ4n) is 3.02. The molecule has 2 amide bonds. The Hall–Kier alpha value is -4.66. The molecule has 0 spiro atoms. The summed E-state index contributed by atoms with van der Waals surface area (Å²) in [5, 5.41) is 5.39. The summed E-state index contributed by atoms with van der Waals surface area (Å²) >= 11 is 0. The normalized spacial score (nSPS) is 10.2. The number of benzene rings is 3. The Morgan fingerprint density at radius 2 is 1.39 bits per heavy atom. The smallest absolute Gasteiger partial charge is 0.338 e. The lowest BCUT2D eigenvalue weighted by molar-refractivity contribution is -0.118. The lowest BCUT2D eigenvalue weighted by Gasteiger charge is -2.09. The number of ether oxygens (including phenoxy) is 3. The molecular formula is C27H26N2O7. The fourth-order valence-corrected chi connectivity index (χ4v) is 3.02. The molecule has 0 saturated heterocycles. The standard InChI is InChI=1S/C27H26N2O7/c1-3-25(31)28-20-11-7-18(8-12-20)24(30)16-36-27(33)19-9-13-22(14-10-19)35-17-26(32)29-21-5-4-6-23(15-21)34-2/h4-15H,3,16-17H2,1-2H3,(H,28,31)(H,29,32). The molecule has 3 rings (SSSR count). The van der Waals surface area contributed by atoms with Crippen molar-refractivity contribution >= 4 is 34.9 Å². The van der Waals surface area contributed by atoms with Crippen molar-refractivity contribution in [3.8, 4) is 11.5 Å². The van der Waals surface area contributed by atoms with Crippen LogP contribution in [0.25, 0.3) is 0 Å². The van der Waals surface area contributed by atoms with Gasteiger partial charge in [-0.1, -0.05) is 13.0 Å². The fraction of sp³-hybridized carbons (Fsp3) is 0.185. The summed E-state index contributed by atoms with van der Waals surface area (Å²) in [6.45, 7) is 1.09. The highest BCUT2D eigenvalue weighted by molar-refractivity contribution is 6.00. The molecule has 9 nitrogen and oxygen atoms in total. The van der Waals surface area contributed by atoms with E-state index in [4.69, 9.17) is 14.2 Å². The Labute approximate surface area is 208 Å². The quantitative estimate of drug-likeness (QED) is 0.307. The van der Waals surface area contributed by atoms with Gasteiger partial charge in [0.15, 0.2) is 19.0 Å². The van der Waals surface area contributed by atoms with Gasteiger partial charge in [0, 0.05) is 29.4 Å². The zero-order valence-corrected chi connectivity index (χ0v) is 19.9. The number of hydrogen-bond donors (Lipinski definition) is 2. The molecule has 0 atom stereocenters. The van der Waals surface area contributed by atoms with Crippen molar-refractivity contribution < 1.29 is 33.4 Å². The third-order valence-electron chi connectivity index (χ3n) is 4.96. The second-order valence-electron chi connectivity index (χ2n) is 7.57. The van der Waals surface area contributed by atoms with Crippen molar-refractivity contribution in [1.29, 1.82) is 0 Å². The van der Waals surface area contributed by atoms with Gasteiger partial charge in [0.25, 0.3) is 5.91 Å². The number of nitrogens with one attached hydrogen (secondary N) is 2. The van der Waals surface area contributed by atoms with Crippen molar-refractivity contribution in [2.45, 2.75) is 13.3 Å². The highest BCUT2D eigenvalue weighted by atomic mass is 16.5. The van der Waals surface area contributed by atoms with E-state index in [1.54, 1.807) is 55.5 Å². The van der Waals surface area contributed by atoms with Crippen LogP contribution in [-0.4, -0.2) is 43.9 Å². The van der Waals surface area contributed by atoms with Crippen LogP contribution in [0, 0.1) is 0 Å². The minimum absolute atomic E-state index is 0.129. The number of ketones is 1. The number of carbonyl (C=O) groups is 4. The molecule has 0 bridgehead atoms. The van der Waals surface area contributed by atoms with Crippen molar-refractivity contribution in [3.63, 3.8) is 0 Å². The van der Waals surface area contributed by atoms with E-state index in [0.29, 0.717) is 34.9 Å². The molecule has 0 aliphatic rings. The lowest BCUT2D eigenvalue weighted by Crippen LogP contribution is -2.20. The zero-order chi connectivity index (χ0) is 25.9. The van der Waals surface area contributed by atoms with Gasteiger partial charge in [0.05, 0.1) is 12.7 Å². The van der Waals surface area contributed by atoms with Crippen molar-refractivity contribution in [1.82, 2.24) is 0 Å². The van der Waals surface area contributed by atoms with Crippen molar-refractivity contribution in [2.75, 3.05) is 31.0 Å². The van der Waals surface area contributed by atoms with E-state index in [-0.39, 0.29) is 29.8 Å². The molecule has 2 N–H and O–H groups in total. The summed E-state index contributed by atoms with van der Waals surface area (Å²) in [7, 11) is 1.54. The molecule has 0 heterocycles. The first-order chi connectivity index (χ1) is 17.4. The maximum absolute atomic E-state index is 12.3. The molecule has 0 aromatic heterocycles. The average molecular weight is 491 g/mol. The Morgan fingerprint density at radius 3 is 2.06 bits per heavy atom. The van der Waals surface area contributed by atoms with E-state index < -0.39 is 12.6 Å². The van der Waals surface area contributed by atoms with Gasteiger partial charge in [-0.15, -0.1) is 0 Å². The van der Waals surface area contributed by atoms with Gasteiger partial charge in [0.2, 0.25) is 5.91 Å². The molecule has 0 radical (unpaired) electrons. The second kappa shape index (κ2) is 12.7. The summed E-state index contributed by atoms with van der Waals surface area (Å²) in [6, 6.07) is 19.3. The number of hydrogen-bond acceptors (Lipinski definition) is 7. The van der Waals surface area contributed by atoms with Gasteiger partial charge in [0.1, 0.15) is 11.5 Å². The van der Waals surface area contributed by atoms with Crippen LogP contribution in [0.1, 0.15) is 34.1 Å². The third kappa shape index (κ3) is 7.69. The largest absolute Gasteiger partial charge is 0.497 e. The Bertz CT molecular complexity index is 1220. The van der Waals surface area contributed by atoms with E-state index in [1.165, 1.54) is 31.4 Å². The second-order valence-corrected chi connectivity index (χ2v) is 7.57. The zero-order valence-electron chi connectivity index (χ0n) is 19.9. The van der Waals surface area contributed by atoms with Crippen molar-refractivity contribution in [2.24, 2.45) is 0 Å². The topological polar surface area (TPSA) is 120 Å². The predicted octanol–water partition coefficient (Wildman–Crippen LogP) is 4.10. The van der Waals surface area contributed by atoms with Crippen LogP contribution in [0.3, 0.4) is 0 Å². The summed E-state index contributed by atoms with van der Waals surface area (Å²) in [5.41, 5.74) is 1.74. The van der Waals surface area contributed by atoms with Gasteiger partial charge in [-0.05, 0) is 60.7 Å². The molecule has 36 heavy (non-hydrogen) atoms. The first-order valence-electron chi connectivity index (χ1n) is 11.1. The maximum Gasteiger partial charge on any atom is 0.338 e. The van der Waals surface area contributed by atoms with Crippen LogP contribution < -0.4 is 20.1 Å². The Morgan fingerprint density at radius 1 is 0.722 bits per heavy atom. The SMILES string of the molecule is CCC(=O)Nc1ccc(C(=O)COC(=O)c2ccc(OCC(=O)Nc3cccc(OC)c3)cc2)cc1. The van der Waals surface area contributed by atoms with Crippen LogP contribution in [0.5, 0.6) is 11.5 Å². The lowest BCUT2D eigenvalue weighted by atomic mass is 10.1. The molecule has 0 aliphatic heterocycles. The summed E-state index contributed by atoms with van der Waals surface area (Å²) in [4.78, 5) is 48.1. The number of carbonyl (C=O) groups excluding carboxylic acids is 4. The van der Waals surface area contributed by atoms with Crippen LogP contribution in [0.4, 0.5) is 11.4 Å². The number of Topliss-reactive ketones (excluding diaryl/α,β-unsaturated/α-hetero) is 1. The molecule has 3 aromatic rings. The maximum atomic E-state index is 12.3. The number of amides is 2. The molecule has 0 aliphatic carbocycles. The van der Waals surface area contributed by atoms with Crippen LogP contribution in [0.15, 0.2) is 72.8 Å². The Balaban J connectivity index is 1.45. The summed E-state index contributed by atoms with van der Waals surface area (Å²) in [5.74, 6) is -0.523. The highest BCUT2D eigenvalue weighted by Crippen LogP contribution is 2.17. The molecule has 9 heteroatoms. The minimum atomic E-state index is -0.669. The molecule has 3 aromatic carbocycles. The molecular weight excluding hydrogens is 464 g/mol. The molecule has 0 saturated carbocycles. The Kier molecular flexibility index (Phi) is 9.16. The predicted molar refractivity (Wildman–Crippen MR) is 134 cm³/mol.